The molecule has 7 heteroatoms. The molecule has 0 aliphatic heterocycles. The molecule has 0 aliphatic rings. The summed E-state index contributed by atoms with van der Waals surface area (Å²) in [6, 6.07) is 17.7. The van der Waals surface area contributed by atoms with E-state index in [1.165, 1.54) is 16.9 Å². The van der Waals surface area contributed by atoms with Gasteiger partial charge in [0.1, 0.15) is 6.61 Å². The molecule has 3 aromatic rings. The summed E-state index contributed by atoms with van der Waals surface area (Å²) in [6.45, 7) is 3.83. The summed E-state index contributed by atoms with van der Waals surface area (Å²) >= 11 is 5.91. The van der Waals surface area contributed by atoms with Crippen molar-refractivity contribution in [3.63, 3.8) is 0 Å². The van der Waals surface area contributed by atoms with E-state index in [2.05, 4.69) is 10.4 Å². The van der Waals surface area contributed by atoms with Crippen LogP contribution in [0.1, 0.15) is 35.5 Å². The third-order valence-corrected chi connectivity index (χ3v) is 4.35. The van der Waals surface area contributed by atoms with Crippen LogP contribution in [0.25, 0.3) is 0 Å². The van der Waals surface area contributed by atoms with Crippen molar-refractivity contribution >= 4 is 23.7 Å². The zero-order valence-corrected chi connectivity index (χ0v) is 17.5. The number of ether oxygens (including phenoxy) is 1. The molecule has 1 heterocycles. The van der Waals surface area contributed by atoms with Crippen LogP contribution in [0.2, 0.25) is 5.02 Å². The number of hydrogen-bond acceptors (Lipinski definition) is 4. The molecule has 3 rings (SSSR count). The number of carbonyl (C=O) groups excluding carboxylic acids is 1. The lowest BCUT2D eigenvalue weighted by Crippen LogP contribution is -2.33. The molecule has 0 spiro atoms. The fourth-order valence-corrected chi connectivity index (χ4v) is 2.82. The van der Waals surface area contributed by atoms with Gasteiger partial charge in [-0.15, -0.1) is 0 Å². The average Bonchev–Trinajstić information content (AvgIpc) is 2.73. The van der Waals surface area contributed by atoms with Gasteiger partial charge < -0.3 is 10.1 Å². The Labute approximate surface area is 179 Å². The van der Waals surface area contributed by atoms with E-state index < -0.39 is 11.3 Å². The van der Waals surface area contributed by atoms with Gasteiger partial charge in [0.25, 0.3) is 5.91 Å². The maximum absolute atomic E-state index is 12.9. The predicted octanol–water partition coefficient (Wildman–Crippen LogP) is 4.10. The Kier molecular flexibility index (Phi) is 7.03. The molecule has 154 valence electrons. The SMILES string of the molecule is CC(C)NC(=O)c1c(OCc2ccccc2)c(=O)ccn1/N=C/c1ccc(Cl)cc1. The van der Waals surface area contributed by atoms with Gasteiger partial charge in [-0.25, -0.2) is 4.68 Å². The first-order valence-corrected chi connectivity index (χ1v) is 9.85. The summed E-state index contributed by atoms with van der Waals surface area (Å²) in [5, 5.41) is 7.78. The van der Waals surface area contributed by atoms with Crippen LogP contribution in [0, 0.1) is 0 Å². The van der Waals surface area contributed by atoms with Gasteiger partial charge in [-0.05, 0) is 37.1 Å². The van der Waals surface area contributed by atoms with Crippen molar-refractivity contribution in [3.8, 4) is 5.75 Å². The number of pyridine rings is 1. The number of aromatic nitrogens is 1. The molecule has 0 fully saturated rings. The maximum atomic E-state index is 12.9. The quantitative estimate of drug-likeness (QED) is 0.581. The molecule has 0 saturated carbocycles. The van der Waals surface area contributed by atoms with Gasteiger partial charge >= 0.3 is 0 Å². The van der Waals surface area contributed by atoms with Crippen LogP contribution in [-0.4, -0.2) is 22.8 Å². The fourth-order valence-electron chi connectivity index (χ4n) is 2.69. The van der Waals surface area contributed by atoms with Crippen molar-refractivity contribution in [2.75, 3.05) is 0 Å². The number of carbonyl (C=O) groups is 1. The highest BCUT2D eigenvalue weighted by molar-refractivity contribution is 6.30. The number of amides is 1. The highest BCUT2D eigenvalue weighted by atomic mass is 35.5. The molecular weight excluding hydrogens is 402 g/mol. The van der Waals surface area contributed by atoms with E-state index in [1.54, 1.807) is 30.5 Å². The van der Waals surface area contributed by atoms with Crippen molar-refractivity contribution in [1.29, 1.82) is 0 Å². The molecule has 2 aromatic carbocycles. The van der Waals surface area contributed by atoms with E-state index in [4.69, 9.17) is 16.3 Å². The van der Waals surface area contributed by atoms with Crippen molar-refractivity contribution < 1.29 is 9.53 Å². The van der Waals surface area contributed by atoms with Gasteiger partial charge in [-0.1, -0.05) is 54.1 Å². The molecule has 6 nitrogen and oxygen atoms in total. The van der Waals surface area contributed by atoms with Crippen LogP contribution in [-0.2, 0) is 6.61 Å². The second-order valence-corrected chi connectivity index (χ2v) is 7.34. The van der Waals surface area contributed by atoms with E-state index in [9.17, 15) is 9.59 Å². The lowest BCUT2D eigenvalue weighted by Gasteiger charge is -2.15. The smallest absolute Gasteiger partial charge is 0.274 e. The number of hydrogen-bond donors (Lipinski definition) is 1. The van der Waals surface area contributed by atoms with Gasteiger partial charge in [0.2, 0.25) is 5.43 Å². The zero-order valence-electron chi connectivity index (χ0n) is 16.7. The van der Waals surface area contributed by atoms with Crippen molar-refractivity contribution in [2.45, 2.75) is 26.5 Å². The lowest BCUT2D eigenvalue weighted by molar-refractivity contribution is 0.0928. The second kappa shape index (κ2) is 9.89. The zero-order chi connectivity index (χ0) is 21.5. The topological polar surface area (TPSA) is 72.7 Å². The predicted molar refractivity (Wildman–Crippen MR) is 119 cm³/mol. The summed E-state index contributed by atoms with van der Waals surface area (Å²) in [6.07, 6.45) is 3.02. The molecule has 30 heavy (non-hydrogen) atoms. The van der Waals surface area contributed by atoms with Crippen molar-refractivity contribution in [3.05, 3.63) is 98.9 Å². The van der Waals surface area contributed by atoms with E-state index in [1.807, 2.05) is 44.2 Å². The highest BCUT2D eigenvalue weighted by Crippen LogP contribution is 2.16. The van der Waals surface area contributed by atoms with Crippen molar-refractivity contribution in [2.24, 2.45) is 5.10 Å². The summed E-state index contributed by atoms with van der Waals surface area (Å²) in [7, 11) is 0. The van der Waals surface area contributed by atoms with Crippen molar-refractivity contribution in [1.82, 2.24) is 9.99 Å². The first-order valence-electron chi connectivity index (χ1n) is 9.47. The first kappa shape index (κ1) is 21.3. The molecule has 0 atom stereocenters. The van der Waals surface area contributed by atoms with Crippen LogP contribution in [0.3, 0.4) is 0 Å². The number of halogens is 1. The van der Waals surface area contributed by atoms with E-state index in [-0.39, 0.29) is 24.1 Å². The minimum Gasteiger partial charge on any atom is -0.482 e. The largest absolute Gasteiger partial charge is 0.482 e. The Morgan fingerprint density at radius 2 is 1.83 bits per heavy atom. The maximum Gasteiger partial charge on any atom is 0.274 e. The van der Waals surface area contributed by atoms with Gasteiger partial charge in [0.15, 0.2) is 11.4 Å². The van der Waals surface area contributed by atoms with Crippen LogP contribution in [0.4, 0.5) is 0 Å². The molecule has 0 unspecified atom stereocenters. The Hall–Kier alpha value is -3.38. The third-order valence-electron chi connectivity index (χ3n) is 4.10. The van der Waals surface area contributed by atoms with Gasteiger partial charge in [-0.3, -0.25) is 9.59 Å². The number of nitrogens with one attached hydrogen (secondary N) is 1. The molecule has 0 radical (unpaired) electrons. The van der Waals surface area contributed by atoms with E-state index >= 15 is 0 Å². The minimum absolute atomic E-state index is 0.0392. The number of nitrogens with zero attached hydrogens (tertiary/aromatic N) is 2. The van der Waals surface area contributed by atoms with E-state index in [0.29, 0.717) is 5.02 Å². The second-order valence-electron chi connectivity index (χ2n) is 6.90. The molecule has 1 N–H and O–H groups in total. The molecular formula is C23H22ClN3O3. The molecule has 1 aromatic heterocycles. The molecule has 1 amide bonds. The molecule has 0 aliphatic carbocycles. The minimum atomic E-state index is -0.445. The van der Waals surface area contributed by atoms with Gasteiger partial charge in [0, 0.05) is 23.3 Å². The van der Waals surface area contributed by atoms with Crippen LogP contribution in [0.5, 0.6) is 5.75 Å². The third kappa shape index (κ3) is 5.58. The summed E-state index contributed by atoms with van der Waals surface area (Å²) in [5.74, 6) is -0.494. The van der Waals surface area contributed by atoms with Crippen LogP contribution < -0.4 is 15.5 Å². The Bertz CT molecular complexity index is 1090. The van der Waals surface area contributed by atoms with Crippen LogP contribution in [0.15, 0.2) is 76.8 Å². The Morgan fingerprint density at radius 3 is 2.50 bits per heavy atom. The summed E-state index contributed by atoms with van der Waals surface area (Å²) in [5.41, 5.74) is 1.32. The molecule has 0 saturated heterocycles. The van der Waals surface area contributed by atoms with Crippen LogP contribution >= 0.6 is 11.6 Å². The number of rotatable bonds is 7. The first-order chi connectivity index (χ1) is 14.4. The Balaban J connectivity index is 1.99. The summed E-state index contributed by atoms with van der Waals surface area (Å²) < 4.78 is 7.12. The average molecular weight is 424 g/mol. The summed E-state index contributed by atoms with van der Waals surface area (Å²) in [4.78, 5) is 25.4. The normalized spacial score (nSPS) is 11.1. The molecule has 0 bridgehead atoms. The van der Waals surface area contributed by atoms with Gasteiger partial charge in [0.05, 0.1) is 6.21 Å². The standard InChI is InChI=1S/C23H22ClN3O3/c1-16(2)26-23(29)21-22(30-15-18-6-4-3-5-7-18)20(28)12-13-27(21)25-14-17-8-10-19(24)11-9-17/h3-14,16H,15H2,1-2H3,(H,26,29)/b25-14+. The monoisotopic (exact) mass is 423 g/mol. The fraction of sp³-hybridized carbons (Fsp3) is 0.174. The lowest BCUT2D eigenvalue weighted by atomic mass is 10.2. The highest BCUT2D eigenvalue weighted by Gasteiger charge is 2.21. The number of benzene rings is 2. The van der Waals surface area contributed by atoms with Gasteiger partial charge in [-0.2, -0.15) is 5.10 Å². The Morgan fingerprint density at radius 1 is 1.13 bits per heavy atom. The van der Waals surface area contributed by atoms with E-state index in [0.717, 1.165) is 11.1 Å².